The molecular weight excluding hydrogens is 665 g/mol. The highest BCUT2D eigenvalue weighted by atomic mass is 16.4. The van der Waals surface area contributed by atoms with Gasteiger partial charge in [0.1, 0.15) is 22.3 Å². The molecule has 0 N–H and O–H groups in total. The number of rotatable bonds is 4. The van der Waals surface area contributed by atoms with Crippen LogP contribution in [0.15, 0.2) is 183 Å². The zero-order valence-electron chi connectivity index (χ0n) is 28.8. The van der Waals surface area contributed by atoms with Crippen LogP contribution in [0.1, 0.15) is 0 Å². The second kappa shape index (κ2) is 11.1. The van der Waals surface area contributed by atoms with E-state index in [-0.39, 0.29) is 0 Å². The van der Waals surface area contributed by atoms with Crippen molar-refractivity contribution in [1.29, 1.82) is 0 Å². The number of anilines is 3. The minimum absolute atomic E-state index is 0.566. The Bertz CT molecular complexity index is 3480. The first-order valence-corrected chi connectivity index (χ1v) is 18.1. The lowest BCUT2D eigenvalue weighted by Crippen LogP contribution is -2.10. The Labute approximate surface area is 307 Å². The summed E-state index contributed by atoms with van der Waals surface area (Å²) in [6, 6.07) is 59.1. The first kappa shape index (κ1) is 29.2. The van der Waals surface area contributed by atoms with Gasteiger partial charge in [-0.2, -0.15) is 0 Å². The summed E-state index contributed by atoms with van der Waals surface area (Å²) in [7, 11) is 0. The van der Waals surface area contributed by atoms with Crippen molar-refractivity contribution in [3.63, 3.8) is 0 Å². The van der Waals surface area contributed by atoms with Gasteiger partial charge in [0.25, 0.3) is 0 Å². The van der Waals surface area contributed by atoms with E-state index in [1.165, 1.54) is 5.39 Å². The van der Waals surface area contributed by atoms with Gasteiger partial charge in [-0.15, -0.1) is 0 Å². The maximum absolute atomic E-state index is 6.86. The van der Waals surface area contributed by atoms with Crippen molar-refractivity contribution in [2.45, 2.75) is 0 Å². The van der Waals surface area contributed by atoms with Crippen molar-refractivity contribution in [1.82, 2.24) is 4.98 Å². The zero-order valence-corrected chi connectivity index (χ0v) is 28.8. The third-order valence-electron chi connectivity index (χ3n) is 10.9. The minimum Gasteiger partial charge on any atom is -0.455 e. The molecule has 0 unspecified atom stereocenters. The van der Waals surface area contributed by atoms with Crippen LogP contribution < -0.4 is 4.90 Å². The minimum atomic E-state index is 0.566. The number of hydrogen-bond acceptors (Lipinski definition) is 5. The SMILES string of the molecule is c1ccc2cc(N(c3ccc4oc5c6ccccc6ccc5c4c3)c3cccc4c3oc3cccc(-c5nc6c(ccc7ccccc76)o5)c34)ccc2c1. The van der Waals surface area contributed by atoms with E-state index in [9.17, 15) is 0 Å². The molecule has 0 amide bonds. The monoisotopic (exact) mass is 692 g/mol. The Balaban J connectivity index is 1.10. The molecular formula is C49H28N2O3. The molecule has 12 aromatic rings. The summed E-state index contributed by atoms with van der Waals surface area (Å²) in [5.41, 5.74) is 8.72. The molecule has 5 nitrogen and oxygen atoms in total. The van der Waals surface area contributed by atoms with Crippen molar-refractivity contribution < 1.29 is 13.3 Å². The highest BCUT2D eigenvalue weighted by molar-refractivity contribution is 6.18. The standard InChI is InChI=1S/C49H28N2O3/c1-2-12-32-27-33(22-19-29(32)9-1)51(34-23-26-42-40(28-34)37-24-20-31-11-4-6-14-36(31)47(37)52-42)41-17-7-15-38-45-39(16-8-18-43(45)53-48(38)41)49-50-46-35-13-5-3-10-30(35)21-25-44(46)54-49/h1-28H. The van der Waals surface area contributed by atoms with Gasteiger partial charge in [0.05, 0.1) is 5.69 Å². The molecule has 0 fully saturated rings. The fourth-order valence-corrected chi connectivity index (χ4v) is 8.34. The van der Waals surface area contributed by atoms with Gasteiger partial charge >= 0.3 is 0 Å². The Hall–Kier alpha value is -7.37. The largest absolute Gasteiger partial charge is 0.455 e. The first-order chi connectivity index (χ1) is 26.7. The van der Waals surface area contributed by atoms with Gasteiger partial charge in [-0.1, -0.05) is 109 Å². The lowest BCUT2D eigenvalue weighted by Gasteiger charge is -2.26. The summed E-state index contributed by atoms with van der Waals surface area (Å²) in [5.74, 6) is 0.566. The molecule has 0 saturated carbocycles. The third kappa shape index (κ3) is 4.24. The summed E-state index contributed by atoms with van der Waals surface area (Å²) in [6.07, 6.45) is 0. The molecule has 3 heterocycles. The molecule has 9 aromatic carbocycles. The van der Waals surface area contributed by atoms with Crippen LogP contribution in [0.4, 0.5) is 17.1 Å². The highest BCUT2D eigenvalue weighted by Gasteiger charge is 2.24. The van der Waals surface area contributed by atoms with Gasteiger partial charge < -0.3 is 18.2 Å². The summed E-state index contributed by atoms with van der Waals surface area (Å²) in [6.45, 7) is 0. The van der Waals surface area contributed by atoms with Crippen LogP contribution in [0.5, 0.6) is 0 Å². The Kier molecular flexibility index (Phi) is 5.99. The fourth-order valence-electron chi connectivity index (χ4n) is 8.34. The topological polar surface area (TPSA) is 55.6 Å². The Morgan fingerprint density at radius 3 is 1.96 bits per heavy atom. The summed E-state index contributed by atoms with van der Waals surface area (Å²) in [5, 5.41) is 10.9. The molecule has 0 saturated heterocycles. The molecule has 54 heavy (non-hydrogen) atoms. The van der Waals surface area contributed by atoms with E-state index in [0.717, 1.165) is 105 Å². The van der Waals surface area contributed by atoms with Crippen molar-refractivity contribution in [3.8, 4) is 11.5 Å². The van der Waals surface area contributed by atoms with Gasteiger partial charge in [0.2, 0.25) is 5.89 Å². The van der Waals surface area contributed by atoms with Crippen molar-refractivity contribution in [2.75, 3.05) is 4.90 Å². The molecule has 0 bridgehead atoms. The Morgan fingerprint density at radius 1 is 0.389 bits per heavy atom. The van der Waals surface area contributed by atoms with E-state index < -0.39 is 0 Å². The number of para-hydroxylation sites is 1. The van der Waals surface area contributed by atoms with E-state index in [1.807, 2.05) is 30.3 Å². The molecule has 0 spiro atoms. The maximum Gasteiger partial charge on any atom is 0.228 e. The van der Waals surface area contributed by atoms with Crippen LogP contribution in [-0.4, -0.2) is 4.98 Å². The fraction of sp³-hybridized carbons (Fsp3) is 0. The van der Waals surface area contributed by atoms with Gasteiger partial charge in [-0.25, -0.2) is 4.98 Å². The zero-order chi connectivity index (χ0) is 35.3. The second-order valence-electron chi connectivity index (χ2n) is 13.9. The predicted molar refractivity (Wildman–Crippen MR) is 221 cm³/mol. The number of furan rings is 2. The van der Waals surface area contributed by atoms with Gasteiger partial charge in [0.15, 0.2) is 11.2 Å². The lowest BCUT2D eigenvalue weighted by atomic mass is 10.0. The smallest absolute Gasteiger partial charge is 0.228 e. The summed E-state index contributed by atoms with van der Waals surface area (Å²) in [4.78, 5) is 7.36. The summed E-state index contributed by atoms with van der Waals surface area (Å²) >= 11 is 0. The van der Waals surface area contributed by atoms with Crippen LogP contribution in [0.3, 0.4) is 0 Å². The highest BCUT2D eigenvalue weighted by Crippen LogP contribution is 2.46. The van der Waals surface area contributed by atoms with E-state index in [2.05, 4.69) is 144 Å². The van der Waals surface area contributed by atoms with Crippen LogP contribution in [-0.2, 0) is 0 Å². The molecule has 252 valence electrons. The van der Waals surface area contributed by atoms with Crippen LogP contribution >= 0.6 is 0 Å². The van der Waals surface area contributed by atoms with Crippen molar-refractivity contribution in [2.24, 2.45) is 0 Å². The number of oxazole rings is 1. The van der Waals surface area contributed by atoms with Gasteiger partial charge in [-0.05, 0) is 82.2 Å². The van der Waals surface area contributed by atoms with Crippen molar-refractivity contribution >= 4 is 104 Å². The first-order valence-electron chi connectivity index (χ1n) is 18.1. The molecule has 0 radical (unpaired) electrons. The third-order valence-corrected chi connectivity index (χ3v) is 10.9. The van der Waals surface area contributed by atoms with E-state index >= 15 is 0 Å². The summed E-state index contributed by atoms with van der Waals surface area (Å²) < 4.78 is 19.9. The number of aromatic nitrogens is 1. The Morgan fingerprint density at radius 2 is 1.06 bits per heavy atom. The molecule has 5 heteroatoms. The average molecular weight is 693 g/mol. The van der Waals surface area contributed by atoms with Crippen LogP contribution in [0.25, 0.3) is 98.7 Å². The molecule has 0 aliphatic carbocycles. The number of benzene rings is 9. The quantitative estimate of drug-likeness (QED) is 0.184. The molecule has 0 aliphatic heterocycles. The normalized spacial score (nSPS) is 12.1. The van der Waals surface area contributed by atoms with Gasteiger partial charge in [0, 0.05) is 49.3 Å². The van der Waals surface area contributed by atoms with E-state index in [4.69, 9.17) is 18.2 Å². The van der Waals surface area contributed by atoms with Crippen LogP contribution in [0.2, 0.25) is 0 Å². The van der Waals surface area contributed by atoms with E-state index in [0.29, 0.717) is 5.89 Å². The van der Waals surface area contributed by atoms with E-state index in [1.54, 1.807) is 0 Å². The predicted octanol–water partition coefficient (Wildman–Crippen LogP) is 14.2. The lowest BCUT2D eigenvalue weighted by molar-refractivity contribution is 0.620. The molecule has 0 atom stereocenters. The van der Waals surface area contributed by atoms with Gasteiger partial charge in [-0.3, -0.25) is 0 Å². The molecule has 0 aliphatic rings. The average Bonchev–Trinajstić information content (AvgIpc) is 3.95. The number of fused-ring (bicyclic) bond motifs is 12. The molecule has 12 rings (SSSR count). The number of nitrogens with zero attached hydrogens (tertiary/aromatic N) is 2. The van der Waals surface area contributed by atoms with Crippen LogP contribution in [0, 0.1) is 0 Å². The second-order valence-corrected chi connectivity index (χ2v) is 13.9. The van der Waals surface area contributed by atoms with Crippen molar-refractivity contribution in [3.05, 3.63) is 170 Å². The molecule has 3 aromatic heterocycles. The number of hydrogen-bond donors (Lipinski definition) is 0. The maximum atomic E-state index is 6.86.